The fourth-order valence-electron chi connectivity index (χ4n) is 10.8. The molecule has 0 spiro atoms. The molecule has 0 saturated carbocycles. The minimum absolute atomic E-state index is 0.246. The fraction of sp³-hybridized carbons (Fsp3) is 0.896. The Morgan fingerprint density at radius 2 is 0.769 bits per heavy atom. The van der Waals surface area contributed by atoms with E-state index in [-0.39, 0.29) is 12.8 Å². The molecular weight excluding hydrogens is 979 g/mol. The first-order chi connectivity index (χ1) is 38.2. The van der Waals surface area contributed by atoms with Gasteiger partial charge in [0.15, 0.2) is 6.29 Å². The summed E-state index contributed by atoms with van der Waals surface area (Å²) in [5, 5.41) is 76.4. The van der Waals surface area contributed by atoms with Crippen LogP contribution >= 0.6 is 0 Å². The van der Waals surface area contributed by atoms with Gasteiger partial charge in [-0.3, -0.25) is 4.79 Å². The van der Waals surface area contributed by atoms with Crippen LogP contribution in [0.15, 0.2) is 36.5 Å². The summed E-state index contributed by atoms with van der Waals surface area (Å²) in [5.74, 6) is -0.710. The molecule has 1 saturated heterocycles. The van der Waals surface area contributed by atoms with Gasteiger partial charge in [0.05, 0.1) is 25.4 Å². The largest absolute Gasteiger partial charge is 0.394 e. The number of carbonyl (C=O) groups is 1. The topological polar surface area (TPSA) is 189 Å². The quantitative estimate of drug-likeness (QED) is 0.0215. The standard InChI is InChI=1S/C67H127NO10/c1-3-5-7-9-11-13-15-17-19-21-23-25-27-28-29-30-31-33-34-36-38-40-42-44-46-48-50-52-54-59(70)62(72)58(57-77-67-65(75)64(74)63(73)61(56-69)78-67)68-66(76)60(71)55-53-51-49-47-45-43-41-39-37-35-32-26-24-22-20-18-16-14-12-10-8-6-4-2/h35,37-38,40,46,48,58-65,67,69-75H,3-34,36,39,41-45,47,49-57H2,1-2H3,(H,68,76)/b37-35-,40-38+,48-46+. The van der Waals surface area contributed by atoms with E-state index in [1.165, 1.54) is 225 Å². The van der Waals surface area contributed by atoms with E-state index < -0.39 is 74.2 Å². The predicted octanol–water partition coefficient (Wildman–Crippen LogP) is 15.4. The van der Waals surface area contributed by atoms with Gasteiger partial charge >= 0.3 is 0 Å². The molecule has 1 amide bonds. The molecular formula is C67H127NO10. The summed E-state index contributed by atoms with van der Waals surface area (Å²) < 4.78 is 11.2. The maximum absolute atomic E-state index is 13.2. The summed E-state index contributed by atoms with van der Waals surface area (Å²) in [6, 6.07) is -1.19. The molecule has 78 heavy (non-hydrogen) atoms. The first-order valence-corrected chi connectivity index (χ1v) is 33.4. The second kappa shape index (κ2) is 55.8. The van der Waals surface area contributed by atoms with Crippen molar-refractivity contribution in [2.75, 3.05) is 13.2 Å². The minimum Gasteiger partial charge on any atom is -0.394 e. The van der Waals surface area contributed by atoms with Crippen LogP contribution in [0.1, 0.15) is 316 Å². The average Bonchev–Trinajstić information content (AvgIpc) is 3.46. The van der Waals surface area contributed by atoms with Crippen LogP contribution in [-0.2, 0) is 14.3 Å². The third-order valence-corrected chi connectivity index (χ3v) is 16.1. The summed E-state index contributed by atoms with van der Waals surface area (Å²) in [5.41, 5.74) is 0. The highest BCUT2D eigenvalue weighted by Gasteiger charge is 2.44. The van der Waals surface area contributed by atoms with Gasteiger partial charge < -0.3 is 50.5 Å². The summed E-state index contributed by atoms with van der Waals surface area (Å²) >= 11 is 0. The van der Waals surface area contributed by atoms with Crippen LogP contribution in [0.2, 0.25) is 0 Å². The van der Waals surface area contributed by atoms with Gasteiger partial charge in [0.1, 0.15) is 36.6 Å². The third-order valence-electron chi connectivity index (χ3n) is 16.1. The van der Waals surface area contributed by atoms with Crippen molar-refractivity contribution in [3.63, 3.8) is 0 Å². The zero-order valence-electron chi connectivity index (χ0n) is 50.7. The molecule has 460 valence electrons. The lowest BCUT2D eigenvalue weighted by Crippen LogP contribution is -2.60. The number of unbranched alkanes of at least 4 members (excludes halogenated alkanes) is 40. The highest BCUT2D eigenvalue weighted by Crippen LogP contribution is 2.24. The van der Waals surface area contributed by atoms with Crippen molar-refractivity contribution >= 4 is 5.91 Å². The normalized spacial score (nSPS) is 19.6. The van der Waals surface area contributed by atoms with E-state index >= 15 is 0 Å². The lowest BCUT2D eigenvalue weighted by atomic mass is 9.98. The Bertz CT molecular complexity index is 1360. The van der Waals surface area contributed by atoms with Crippen molar-refractivity contribution in [2.45, 2.75) is 371 Å². The zero-order valence-corrected chi connectivity index (χ0v) is 50.7. The van der Waals surface area contributed by atoms with Gasteiger partial charge in [0.25, 0.3) is 0 Å². The zero-order chi connectivity index (χ0) is 56.8. The molecule has 9 unspecified atom stereocenters. The maximum Gasteiger partial charge on any atom is 0.249 e. The second-order valence-electron chi connectivity index (χ2n) is 23.5. The van der Waals surface area contributed by atoms with Crippen LogP contribution in [0.4, 0.5) is 0 Å². The van der Waals surface area contributed by atoms with Crippen LogP contribution < -0.4 is 5.32 Å². The van der Waals surface area contributed by atoms with E-state index in [0.717, 1.165) is 44.9 Å². The number of aliphatic hydroxyl groups is 7. The number of nitrogens with one attached hydrogen (secondary N) is 1. The smallest absolute Gasteiger partial charge is 0.249 e. The van der Waals surface area contributed by atoms with Crippen molar-refractivity contribution < 1.29 is 50.0 Å². The van der Waals surface area contributed by atoms with Crippen LogP contribution in [-0.4, -0.2) is 110 Å². The SMILES string of the molecule is CCCCCCCCCCCCCC/C=C\CCCCCCCCCC(O)C(=O)NC(COC1OC(CO)C(O)C(O)C1O)C(O)C(O)CCC/C=C/CC/C=C/CCCCCCCCCCCCCCCCCCCCC. The molecule has 1 rings (SSSR count). The number of aliphatic hydroxyl groups excluding tert-OH is 7. The Hall–Kier alpha value is -1.67. The summed E-state index contributed by atoms with van der Waals surface area (Å²) in [4.78, 5) is 13.2. The number of ether oxygens (including phenoxy) is 2. The van der Waals surface area contributed by atoms with E-state index in [1.807, 2.05) is 0 Å². The van der Waals surface area contributed by atoms with Crippen LogP contribution in [0, 0.1) is 0 Å². The van der Waals surface area contributed by atoms with Gasteiger partial charge in [-0.25, -0.2) is 0 Å². The van der Waals surface area contributed by atoms with Crippen molar-refractivity contribution in [2.24, 2.45) is 0 Å². The van der Waals surface area contributed by atoms with Gasteiger partial charge in [-0.15, -0.1) is 0 Å². The second-order valence-corrected chi connectivity index (χ2v) is 23.5. The van der Waals surface area contributed by atoms with E-state index in [0.29, 0.717) is 19.3 Å². The molecule has 0 bridgehead atoms. The van der Waals surface area contributed by atoms with Crippen LogP contribution in [0.25, 0.3) is 0 Å². The molecule has 0 aromatic carbocycles. The molecule has 0 aliphatic carbocycles. The molecule has 1 heterocycles. The van der Waals surface area contributed by atoms with Crippen molar-refractivity contribution in [1.29, 1.82) is 0 Å². The first kappa shape index (κ1) is 74.3. The van der Waals surface area contributed by atoms with Gasteiger partial charge in [0.2, 0.25) is 5.91 Å². The molecule has 0 aromatic heterocycles. The van der Waals surface area contributed by atoms with E-state index in [1.54, 1.807) is 0 Å². The molecule has 1 aliphatic rings. The number of rotatable bonds is 58. The Morgan fingerprint density at radius 1 is 0.436 bits per heavy atom. The Morgan fingerprint density at radius 3 is 1.14 bits per heavy atom. The minimum atomic E-state index is -1.67. The van der Waals surface area contributed by atoms with Crippen molar-refractivity contribution in [1.82, 2.24) is 5.32 Å². The summed E-state index contributed by atoms with van der Waals surface area (Å²) in [7, 11) is 0. The Balaban J connectivity index is 2.27. The van der Waals surface area contributed by atoms with E-state index in [9.17, 15) is 40.5 Å². The van der Waals surface area contributed by atoms with Gasteiger partial charge in [0, 0.05) is 0 Å². The molecule has 1 aliphatic heterocycles. The maximum atomic E-state index is 13.2. The number of carbonyl (C=O) groups excluding carboxylic acids is 1. The number of hydrogen-bond acceptors (Lipinski definition) is 10. The highest BCUT2D eigenvalue weighted by atomic mass is 16.7. The van der Waals surface area contributed by atoms with E-state index in [2.05, 4.69) is 55.6 Å². The van der Waals surface area contributed by atoms with Gasteiger partial charge in [-0.05, 0) is 77.0 Å². The summed E-state index contributed by atoms with van der Waals surface area (Å²) in [6.07, 6.45) is 59.4. The predicted molar refractivity (Wildman–Crippen MR) is 325 cm³/mol. The van der Waals surface area contributed by atoms with Crippen LogP contribution in [0.3, 0.4) is 0 Å². The number of amides is 1. The van der Waals surface area contributed by atoms with Crippen molar-refractivity contribution in [3.05, 3.63) is 36.5 Å². The molecule has 8 N–H and O–H groups in total. The van der Waals surface area contributed by atoms with Crippen molar-refractivity contribution in [3.8, 4) is 0 Å². The summed E-state index contributed by atoms with van der Waals surface area (Å²) in [6.45, 7) is 3.48. The lowest BCUT2D eigenvalue weighted by molar-refractivity contribution is -0.303. The molecule has 9 atom stereocenters. The third kappa shape index (κ3) is 43.1. The van der Waals surface area contributed by atoms with E-state index in [4.69, 9.17) is 9.47 Å². The monoisotopic (exact) mass is 1110 g/mol. The number of allylic oxidation sites excluding steroid dienone is 6. The number of hydrogen-bond donors (Lipinski definition) is 8. The molecule has 11 nitrogen and oxygen atoms in total. The lowest BCUT2D eigenvalue weighted by Gasteiger charge is -2.40. The highest BCUT2D eigenvalue weighted by molar-refractivity contribution is 5.80. The molecule has 0 aromatic rings. The van der Waals surface area contributed by atoms with Gasteiger partial charge in [-0.1, -0.05) is 275 Å². The van der Waals surface area contributed by atoms with Crippen LogP contribution in [0.5, 0.6) is 0 Å². The first-order valence-electron chi connectivity index (χ1n) is 33.4. The Kier molecular flexibility index (Phi) is 53.2. The molecule has 1 fully saturated rings. The fourth-order valence-corrected chi connectivity index (χ4v) is 10.8. The average molecular weight is 1110 g/mol. The Labute approximate surface area is 479 Å². The molecule has 11 heteroatoms. The van der Waals surface area contributed by atoms with Gasteiger partial charge in [-0.2, -0.15) is 0 Å². The molecule has 0 radical (unpaired) electrons.